The van der Waals surface area contributed by atoms with Crippen LogP contribution >= 0.6 is 0 Å². The Morgan fingerprint density at radius 2 is 1.42 bits per heavy atom. The van der Waals surface area contributed by atoms with Crippen LogP contribution in [0.15, 0.2) is 0 Å². The minimum atomic E-state index is -1.09. The fourth-order valence-electron chi connectivity index (χ4n) is 2.07. The molecule has 0 radical (unpaired) electrons. The van der Waals surface area contributed by atoms with Crippen LogP contribution in [0.25, 0.3) is 0 Å². The molecule has 0 heterocycles. The SMILES string of the molecule is OC(O)CC1CCCCCCC1. The molecule has 0 unspecified atom stereocenters. The molecule has 1 rings (SSSR count). The van der Waals surface area contributed by atoms with E-state index in [4.69, 9.17) is 10.2 Å². The van der Waals surface area contributed by atoms with Crippen LogP contribution in [-0.4, -0.2) is 16.5 Å². The summed E-state index contributed by atoms with van der Waals surface area (Å²) in [7, 11) is 0. The highest BCUT2D eigenvalue weighted by Gasteiger charge is 2.13. The normalized spacial score (nSPS) is 22.2. The van der Waals surface area contributed by atoms with Gasteiger partial charge < -0.3 is 10.2 Å². The van der Waals surface area contributed by atoms with E-state index in [0.29, 0.717) is 12.3 Å². The number of hydrogen-bond acceptors (Lipinski definition) is 2. The summed E-state index contributed by atoms with van der Waals surface area (Å²) >= 11 is 0. The molecule has 0 aromatic carbocycles. The third kappa shape index (κ3) is 4.07. The second-order valence-electron chi connectivity index (χ2n) is 3.93. The first-order valence-electron chi connectivity index (χ1n) is 5.15. The van der Waals surface area contributed by atoms with Crippen molar-refractivity contribution < 1.29 is 10.2 Å². The minimum absolute atomic E-state index is 0.560. The fourth-order valence-corrected chi connectivity index (χ4v) is 2.07. The molecule has 0 bridgehead atoms. The Kier molecular flexibility index (Phi) is 4.62. The molecule has 12 heavy (non-hydrogen) atoms. The van der Waals surface area contributed by atoms with E-state index >= 15 is 0 Å². The Hall–Kier alpha value is -0.0800. The van der Waals surface area contributed by atoms with Crippen LogP contribution in [0.3, 0.4) is 0 Å². The smallest absolute Gasteiger partial charge is 0.151 e. The average Bonchev–Trinajstić information content (AvgIpc) is 1.93. The first-order chi connectivity index (χ1) is 5.79. The van der Waals surface area contributed by atoms with Crippen LogP contribution < -0.4 is 0 Å². The van der Waals surface area contributed by atoms with E-state index in [1.165, 1.54) is 44.9 Å². The molecule has 2 heteroatoms. The van der Waals surface area contributed by atoms with Gasteiger partial charge in [-0.05, 0) is 5.92 Å². The summed E-state index contributed by atoms with van der Waals surface area (Å²) in [6.07, 6.45) is 8.46. The van der Waals surface area contributed by atoms with Crippen molar-refractivity contribution >= 4 is 0 Å². The second kappa shape index (κ2) is 5.55. The molecule has 0 atom stereocenters. The van der Waals surface area contributed by atoms with Gasteiger partial charge in [0.1, 0.15) is 0 Å². The van der Waals surface area contributed by atoms with Gasteiger partial charge in [-0.1, -0.05) is 44.9 Å². The molecule has 1 aliphatic carbocycles. The number of aliphatic hydroxyl groups is 2. The molecule has 0 amide bonds. The minimum Gasteiger partial charge on any atom is -0.368 e. The van der Waals surface area contributed by atoms with E-state index in [1.54, 1.807) is 0 Å². The molecule has 1 fully saturated rings. The van der Waals surface area contributed by atoms with Gasteiger partial charge in [-0.15, -0.1) is 0 Å². The lowest BCUT2D eigenvalue weighted by atomic mass is 9.89. The Balaban J connectivity index is 2.20. The molecule has 2 nitrogen and oxygen atoms in total. The highest BCUT2D eigenvalue weighted by molar-refractivity contribution is 4.64. The van der Waals surface area contributed by atoms with Gasteiger partial charge >= 0.3 is 0 Å². The molecule has 0 aromatic heterocycles. The molecular formula is C10H20O2. The zero-order chi connectivity index (χ0) is 8.81. The lowest BCUT2D eigenvalue weighted by Gasteiger charge is -2.19. The van der Waals surface area contributed by atoms with E-state index in [2.05, 4.69) is 0 Å². The van der Waals surface area contributed by atoms with Crippen molar-refractivity contribution in [1.82, 2.24) is 0 Å². The maximum atomic E-state index is 8.82. The van der Waals surface area contributed by atoms with Gasteiger partial charge in [0.25, 0.3) is 0 Å². The average molecular weight is 172 g/mol. The van der Waals surface area contributed by atoms with Gasteiger partial charge in [-0.25, -0.2) is 0 Å². The zero-order valence-corrected chi connectivity index (χ0v) is 7.71. The molecule has 1 aliphatic rings. The Bertz CT molecular complexity index is 104. The van der Waals surface area contributed by atoms with E-state index in [-0.39, 0.29) is 0 Å². The maximum Gasteiger partial charge on any atom is 0.151 e. The molecular weight excluding hydrogens is 152 g/mol. The summed E-state index contributed by atoms with van der Waals surface area (Å²) in [5.41, 5.74) is 0. The second-order valence-corrected chi connectivity index (χ2v) is 3.93. The van der Waals surface area contributed by atoms with Gasteiger partial charge in [0, 0.05) is 6.42 Å². The van der Waals surface area contributed by atoms with E-state index in [9.17, 15) is 0 Å². The van der Waals surface area contributed by atoms with Crippen molar-refractivity contribution in [3.05, 3.63) is 0 Å². The first kappa shape index (κ1) is 10.0. The molecule has 1 saturated carbocycles. The number of aliphatic hydroxyl groups excluding tert-OH is 1. The summed E-state index contributed by atoms with van der Waals surface area (Å²) < 4.78 is 0. The van der Waals surface area contributed by atoms with Crippen LogP contribution in [0.4, 0.5) is 0 Å². The lowest BCUT2D eigenvalue weighted by Crippen LogP contribution is -2.13. The summed E-state index contributed by atoms with van der Waals surface area (Å²) in [5.74, 6) is 0.560. The van der Waals surface area contributed by atoms with Crippen molar-refractivity contribution in [3.63, 3.8) is 0 Å². The zero-order valence-electron chi connectivity index (χ0n) is 7.71. The summed E-state index contributed by atoms with van der Waals surface area (Å²) in [6.45, 7) is 0. The largest absolute Gasteiger partial charge is 0.368 e. The molecule has 0 aromatic rings. The van der Waals surface area contributed by atoms with Crippen LogP contribution in [0.1, 0.15) is 51.4 Å². The summed E-state index contributed by atoms with van der Waals surface area (Å²) in [4.78, 5) is 0. The van der Waals surface area contributed by atoms with Crippen molar-refractivity contribution in [2.75, 3.05) is 0 Å². The van der Waals surface area contributed by atoms with Gasteiger partial charge in [0.15, 0.2) is 6.29 Å². The van der Waals surface area contributed by atoms with E-state index in [1.807, 2.05) is 0 Å². The summed E-state index contributed by atoms with van der Waals surface area (Å²) in [5, 5.41) is 17.6. The van der Waals surface area contributed by atoms with Crippen molar-refractivity contribution in [3.8, 4) is 0 Å². The Morgan fingerprint density at radius 1 is 0.917 bits per heavy atom. The Morgan fingerprint density at radius 3 is 1.92 bits per heavy atom. The highest BCUT2D eigenvalue weighted by Crippen LogP contribution is 2.25. The molecule has 2 N–H and O–H groups in total. The van der Waals surface area contributed by atoms with Crippen LogP contribution in [-0.2, 0) is 0 Å². The molecule has 0 spiro atoms. The van der Waals surface area contributed by atoms with Crippen molar-refractivity contribution in [1.29, 1.82) is 0 Å². The topological polar surface area (TPSA) is 40.5 Å². The summed E-state index contributed by atoms with van der Waals surface area (Å²) in [6, 6.07) is 0. The van der Waals surface area contributed by atoms with Crippen LogP contribution in [0.2, 0.25) is 0 Å². The standard InChI is InChI=1S/C10H20O2/c11-10(12)8-9-6-4-2-1-3-5-7-9/h9-12H,1-8H2. The molecule has 0 saturated heterocycles. The predicted molar refractivity (Wildman–Crippen MR) is 48.7 cm³/mol. The quantitative estimate of drug-likeness (QED) is 0.626. The van der Waals surface area contributed by atoms with E-state index < -0.39 is 6.29 Å². The number of hydrogen-bond donors (Lipinski definition) is 2. The van der Waals surface area contributed by atoms with Crippen molar-refractivity contribution in [2.45, 2.75) is 57.7 Å². The Labute approximate surface area is 74.6 Å². The first-order valence-corrected chi connectivity index (χ1v) is 5.15. The highest BCUT2D eigenvalue weighted by atomic mass is 16.5. The number of rotatable bonds is 2. The lowest BCUT2D eigenvalue weighted by molar-refractivity contribution is -0.0579. The van der Waals surface area contributed by atoms with E-state index in [0.717, 1.165) is 0 Å². The van der Waals surface area contributed by atoms with Gasteiger partial charge in [-0.2, -0.15) is 0 Å². The maximum absolute atomic E-state index is 8.82. The van der Waals surface area contributed by atoms with Crippen LogP contribution in [0.5, 0.6) is 0 Å². The van der Waals surface area contributed by atoms with Gasteiger partial charge in [0.2, 0.25) is 0 Å². The third-order valence-corrected chi connectivity index (χ3v) is 2.77. The monoisotopic (exact) mass is 172 g/mol. The van der Waals surface area contributed by atoms with Crippen molar-refractivity contribution in [2.24, 2.45) is 5.92 Å². The third-order valence-electron chi connectivity index (χ3n) is 2.77. The predicted octanol–water partition coefficient (Wildman–Crippen LogP) is 2.05. The van der Waals surface area contributed by atoms with Crippen LogP contribution in [0, 0.1) is 5.92 Å². The molecule has 72 valence electrons. The van der Waals surface area contributed by atoms with Gasteiger partial charge in [-0.3, -0.25) is 0 Å². The fraction of sp³-hybridized carbons (Fsp3) is 1.00. The molecule has 0 aliphatic heterocycles. The van der Waals surface area contributed by atoms with Gasteiger partial charge in [0.05, 0.1) is 0 Å².